The molecule has 1 saturated heterocycles. The van der Waals surface area contributed by atoms with Crippen molar-refractivity contribution in [1.29, 1.82) is 0 Å². The van der Waals surface area contributed by atoms with Crippen LogP contribution in [0.2, 0.25) is 0 Å². The smallest absolute Gasteiger partial charge is 0.263 e. The molecular formula is C12H14N2O2S2. The van der Waals surface area contributed by atoms with E-state index in [1.165, 1.54) is 0 Å². The van der Waals surface area contributed by atoms with Gasteiger partial charge in [0.05, 0.1) is 6.21 Å². The largest absolute Gasteiger partial charge is 0.508 e. The highest BCUT2D eigenvalue weighted by molar-refractivity contribution is 8.18. The molecule has 1 aromatic rings. The lowest BCUT2D eigenvalue weighted by Crippen LogP contribution is -2.29. The topological polar surface area (TPSA) is 61.7 Å². The number of amides is 1. The SMILES string of the molecule is O=C(N/N=C/c1ccc(O)cc1)C1SCCCS1. The van der Waals surface area contributed by atoms with Crippen molar-refractivity contribution in [3.8, 4) is 5.75 Å². The molecule has 4 nitrogen and oxygen atoms in total. The molecule has 6 heteroatoms. The minimum absolute atomic E-state index is 0.0456. The molecule has 0 aliphatic carbocycles. The zero-order valence-corrected chi connectivity index (χ0v) is 11.3. The summed E-state index contributed by atoms with van der Waals surface area (Å²) < 4.78 is -0.0456. The molecular weight excluding hydrogens is 268 g/mol. The van der Waals surface area contributed by atoms with Crippen molar-refractivity contribution >= 4 is 35.6 Å². The minimum Gasteiger partial charge on any atom is -0.508 e. The van der Waals surface area contributed by atoms with Crippen LogP contribution in [0.4, 0.5) is 0 Å². The quantitative estimate of drug-likeness (QED) is 0.658. The van der Waals surface area contributed by atoms with E-state index in [9.17, 15) is 4.79 Å². The summed E-state index contributed by atoms with van der Waals surface area (Å²) in [6.07, 6.45) is 2.73. The Balaban J connectivity index is 1.83. The van der Waals surface area contributed by atoms with Gasteiger partial charge in [0.1, 0.15) is 10.3 Å². The van der Waals surface area contributed by atoms with Crippen molar-refractivity contribution < 1.29 is 9.90 Å². The van der Waals surface area contributed by atoms with Gasteiger partial charge >= 0.3 is 0 Å². The maximum atomic E-state index is 11.7. The summed E-state index contributed by atoms with van der Waals surface area (Å²) in [5.74, 6) is 2.23. The molecule has 0 aromatic heterocycles. The Hall–Kier alpha value is -1.14. The van der Waals surface area contributed by atoms with Crippen LogP contribution in [0.15, 0.2) is 29.4 Å². The van der Waals surface area contributed by atoms with Gasteiger partial charge in [-0.3, -0.25) is 4.79 Å². The van der Waals surface area contributed by atoms with Crippen molar-refractivity contribution in [1.82, 2.24) is 5.43 Å². The number of carbonyl (C=O) groups is 1. The van der Waals surface area contributed by atoms with Crippen LogP contribution in [0.3, 0.4) is 0 Å². The molecule has 0 atom stereocenters. The molecule has 96 valence electrons. The van der Waals surface area contributed by atoms with Gasteiger partial charge in [0.15, 0.2) is 0 Å². The molecule has 2 rings (SSSR count). The van der Waals surface area contributed by atoms with Crippen LogP contribution in [-0.4, -0.2) is 33.3 Å². The first-order valence-corrected chi connectivity index (χ1v) is 7.70. The van der Waals surface area contributed by atoms with E-state index in [4.69, 9.17) is 5.11 Å². The Morgan fingerprint density at radius 3 is 2.67 bits per heavy atom. The number of benzene rings is 1. The molecule has 0 saturated carbocycles. The maximum absolute atomic E-state index is 11.7. The third kappa shape index (κ3) is 3.96. The summed E-state index contributed by atoms with van der Waals surface area (Å²) in [5, 5.41) is 13.0. The predicted molar refractivity (Wildman–Crippen MR) is 77.2 cm³/mol. The van der Waals surface area contributed by atoms with Gasteiger partial charge in [0.2, 0.25) is 0 Å². The monoisotopic (exact) mass is 282 g/mol. The number of aromatic hydroxyl groups is 1. The van der Waals surface area contributed by atoms with E-state index < -0.39 is 0 Å². The molecule has 1 aromatic carbocycles. The van der Waals surface area contributed by atoms with Crippen molar-refractivity contribution in [3.63, 3.8) is 0 Å². The normalized spacial score (nSPS) is 16.9. The minimum atomic E-state index is -0.0558. The molecule has 1 fully saturated rings. The molecule has 0 bridgehead atoms. The van der Waals surface area contributed by atoms with Gasteiger partial charge in [-0.25, -0.2) is 5.43 Å². The molecule has 0 unspecified atom stereocenters. The summed E-state index contributed by atoms with van der Waals surface area (Å²) in [7, 11) is 0. The number of rotatable bonds is 3. The van der Waals surface area contributed by atoms with Crippen LogP contribution in [0.5, 0.6) is 5.75 Å². The van der Waals surface area contributed by atoms with Crippen molar-refractivity contribution in [2.24, 2.45) is 5.10 Å². The molecule has 1 aliphatic rings. The molecule has 1 aliphatic heterocycles. The molecule has 18 heavy (non-hydrogen) atoms. The molecule has 0 spiro atoms. The number of thioether (sulfide) groups is 2. The highest BCUT2D eigenvalue weighted by Crippen LogP contribution is 2.30. The van der Waals surface area contributed by atoms with Gasteiger partial charge in [0.25, 0.3) is 5.91 Å². The molecule has 1 heterocycles. The van der Waals surface area contributed by atoms with E-state index in [0.717, 1.165) is 23.5 Å². The Kier molecular flexibility index (Phi) is 4.95. The second-order valence-corrected chi connectivity index (χ2v) is 6.48. The molecule has 1 amide bonds. The number of nitrogens with zero attached hydrogens (tertiary/aromatic N) is 1. The van der Waals surface area contributed by atoms with Crippen LogP contribution in [0.1, 0.15) is 12.0 Å². The standard InChI is InChI=1S/C12H14N2O2S2/c15-10-4-2-9(3-5-10)8-13-14-11(16)12-17-6-1-7-18-12/h2-5,8,12,15H,1,6-7H2,(H,14,16)/b13-8+. The Bertz CT molecular complexity index is 428. The van der Waals surface area contributed by atoms with Crippen molar-refractivity contribution in [3.05, 3.63) is 29.8 Å². The van der Waals surface area contributed by atoms with E-state index in [1.807, 2.05) is 0 Å². The van der Waals surface area contributed by atoms with E-state index in [1.54, 1.807) is 54.0 Å². The number of nitrogens with one attached hydrogen (secondary N) is 1. The lowest BCUT2D eigenvalue weighted by molar-refractivity contribution is -0.119. The Morgan fingerprint density at radius 2 is 2.00 bits per heavy atom. The fourth-order valence-electron chi connectivity index (χ4n) is 1.42. The molecule has 0 radical (unpaired) electrons. The predicted octanol–water partition coefficient (Wildman–Crippen LogP) is 2.04. The highest BCUT2D eigenvalue weighted by atomic mass is 32.2. The van der Waals surface area contributed by atoms with E-state index in [2.05, 4.69) is 10.5 Å². The number of phenols is 1. The van der Waals surface area contributed by atoms with Crippen LogP contribution in [-0.2, 0) is 4.79 Å². The van der Waals surface area contributed by atoms with E-state index >= 15 is 0 Å². The summed E-state index contributed by atoms with van der Waals surface area (Å²) in [4.78, 5) is 11.7. The molecule has 2 N–H and O–H groups in total. The Labute approximate surface area is 114 Å². The maximum Gasteiger partial charge on any atom is 0.263 e. The number of carbonyl (C=O) groups excluding carboxylic acids is 1. The average molecular weight is 282 g/mol. The number of hydrogen-bond donors (Lipinski definition) is 2. The fourth-order valence-corrected chi connectivity index (χ4v) is 4.03. The van der Waals surface area contributed by atoms with Crippen molar-refractivity contribution in [2.45, 2.75) is 11.0 Å². The van der Waals surface area contributed by atoms with Crippen LogP contribution < -0.4 is 5.43 Å². The van der Waals surface area contributed by atoms with Gasteiger partial charge in [-0.15, -0.1) is 23.5 Å². The third-order valence-corrected chi connectivity index (χ3v) is 5.22. The summed E-state index contributed by atoms with van der Waals surface area (Å²) >= 11 is 3.33. The van der Waals surface area contributed by atoms with Gasteiger partial charge in [0, 0.05) is 0 Å². The van der Waals surface area contributed by atoms with Crippen LogP contribution in [0.25, 0.3) is 0 Å². The number of phenolic OH excluding ortho intramolecular Hbond substituents is 1. The fraction of sp³-hybridized carbons (Fsp3) is 0.333. The summed E-state index contributed by atoms with van der Waals surface area (Å²) in [5.41, 5.74) is 3.37. The third-order valence-electron chi connectivity index (χ3n) is 2.32. The first kappa shape index (κ1) is 13.3. The zero-order chi connectivity index (χ0) is 12.8. The lowest BCUT2D eigenvalue weighted by Gasteiger charge is -2.18. The van der Waals surface area contributed by atoms with Gasteiger partial charge < -0.3 is 5.11 Å². The first-order chi connectivity index (χ1) is 8.75. The number of hydrogen-bond acceptors (Lipinski definition) is 5. The second-order valence-electron chi connectivity index (χ2n) is 3.75. The second kappa shape index (κ2) is 6.70. The lowest BCUT2D eigenvalue weighted by atomic mass is 10.2. The van der Waals surface area contributed by atoms with E-state index in [-0.39, 0.29) is 16.2 Å². The average Bonchev–Trinajstić information content (AvgIpc) is 2.42. The Morgan fingerprint density at radius 1 is 1.33 bits per heavy atom. The summed E-state index contributed by atoms with van der Waals surface area (Å²) in [6.45, 7) is 0. The number of hydrazone groups is 1. The van der Waals surface area contributed by atoms with Gasteiger partial charge in [-0.1, -0.05) is 0 Å². The van der Waals surface area contributed by atoms with E-state index in [0.29, 0.717) is 0 Å². The van der Waals surface area contributed by atoms with Crippen LogP contribution in [0, 0.1) is 0 Å². The van der Waals surface area contributed by atoms with Crippen LogP contribution >= 0.6 is 23.5 Å². The van der Waals surface area contributed by atoms with Gasteiger partial charge in [-0.05, 0) is 47.8 Å². The highest BCUT2D eigenvalue weighted by Gasteiger charge is 2.21. The summed E-state index contributed by atoms with van der Waals surface area (Å²) in [6, 6.07) is 6.62. The van der Waals surface area contributed by atoms with Crippen molar-refractivity contribution in [2.75, 3.05) is 11.5 Å². The first-order valence-electron chi connectivity index (χ1n) is 5.61. The zero-order valence-electron chi connectivity index (χ0n) is 9.70. The van der Waals surface area contributed by atoms with Gasteiger partial charge in [-0.2, -0.15) is 5.10 Å².